The van der Waals surface area contributed by atoms with Crippen molar-refractivity contribution in [2.24, 2.45) is 0 Å². The minimum atomic E-state index is -0.310. The molecule has 0 aliphatic heterocycles. The Balaban J connectivity index is 1.73. The number of ether oxygens (including phenoxy) is 2. The average molecular weight is 378 g/mol. The van der Waals surface area contributed by atoms with Gasteiger partial charge >= 0.3 is 0 Å². The highest BCUT2D eigenvalue weighted by Gasteiger charge is 2.11. The number of hydrogen-bond acceptors (Lipinski definition) is 6. The van der Waals surface area contributed by atoms with Crippen molar-refractivity contribution in [2.75, 3.05) is 24.9 Å². The van der Waals surface area contributed by atoms with E-state index in [1.807, 2.05) is 44.2 Å². The first-order valence-electron chi connectivity index (χ1n) is 8.71. The number of aryl methyl sites for hydroxylation is 2. The van der Waals surface area contributed by atoms with Crippen LogP contribution in [-0.4, -0.2) is 30.3 Å². The SMILES string of the molecule is COc1ccc(Nc2ccc(C(=O)Nc3cc(C)ccc3C)nn2)c(OC)c1. The number of hydrogen-bond donors (Lipinski definition) is 2. The molecule has 0 saturated heterocycles. The molecule has 1 amide bonds. The number of nitrogens with zero attached hydrogens (tertiary/aromatic N) is 2. The van der Waals surface area contributed by atoms with Gasteiger partial charge in [-0.25, -0.2) is 0 Å². The van der Waals surface area contributed by atoms with Gasteiger partial charge in [0.05, 0.1) is 19.9 Å². The smallest absolute Gasteiger partial charge is 0.276 e. The predicted molar refractivity (Wildman–Crippen MR) is 109 cm³/mol. The van der Waals surface area contributed by atoms with Crippen molar-refractivity contribution < 1.29 is 14.3 Å². The van der Waals surface area contributed by atoms with Gasteiger partial charge in [-0.1, -0.05) is 12.1 Å². The molecule has 3 aromatic rings. The van der Waals surface area contributed by atoms with Gasteiger partial charge in [0.2, 0.25) is 0 Å². The zero-order valence-electron chi connectivity index (χ0n) is 16.2. The minimum Gasteiger partial charge on any atom is -0.497 e. The molecule has 0 fully saturated rings. The lowest BCUT2D eigenvalue weighted by Gasteiger charge is -2.12. The fourth-order valence-corrected chi connectivity index (χ4v) is 2.62. The van der Waals surface area contributed by atoms with Crippen molar-refractivity contribution in [1.29, 1.82) is 0 Å². The average Bonchev–Trinajstić information content (AvgIpc) is 2.71. The number of nitrogens with one attached hydrogen (secondary N) is 2. The van der Waals surface area contributed by atoms with E-state index < -0.39 is 0 Å². The normalized spacial score (nSPS) is 10.3. The molecule has 3 rings (SSSR count). The maximum Gasteiger partial charge on any atom is 0.276 e. The molecule has 1 heterocycles. The molecule has 0 aliphatic rings. The van der Waals surface area contributed by atoms with Crippen molar-refractivity contribution >= 4 is 23.1 Å². The lowest BCUT2D eigenvalue weighted by Crippen LogP contribution is -2.15. The van der Waals surface area contributed by atoms with E-state index in [-0.39, 0.29) is 11.6 Å². The van der Waals surface area contributed by atoms with Crippen LogP contribution in [0.25, 0.3) is 0 Å². The van der Waals surface area contributed by atoms with Gasteiger partial charge in [0, 0.05) is 11.8 Å². The zero-order chi connectivity index (χ0) is 20.1. The van der Waals surface area contributed by atoms with E-state index in [0.717, 1.165) is 16.8 Å². The molecule has 28 heavy (non-hydrogen) atoms. The van der Waals surface area contributed by atoms with Gasteiger partial charge in [-0.2, -0.15) is 0 Å². The quantitative estimate of drug-likeness (QED) is 0.671. The van der Waals surface area contributed by atoms with E-state index >= 15 is 0 Å². The molecular formula is C21H22N4O3. The van der Waals surface area contributed by atoms with Gasteiger partial charge in [0.25, 0.3) is 5.91 Å². The molecule has 2 aromatic carbocycles. The highest BCUT2D eigenvalue weighted by Crippen LogP contribution is 2.30. The topological polar surface area (TPSA) is 85.4 Å². The van der Waals surface area contributed by atoms with Crippen LogP contribution < -0.4 is 20.1 Å². The Morgan fingerprint density at radius 3 is 2.39 bits per heavy atom. The molecule has 0 atom stereocenters. The summed E-state index contributed by atoms with van der Waals surface area (Å²) in [6, 6.07) is 14.6. The maximum absolute atomic E-state index is 12.5. The van der Waals surface area contributed by atoms with Crippen molar-refractivity contribution in [1.82, 2.24) is 10.2 Å². The van der Waals surface area contributed by atoms with Gasteiger partial charge in [0.15, 0.2) is 11.5 Å². The first-order valence-corrected chi connectivity index (χ1v) is 8.71. The molecule has 0 unspecified atom stereocenters. The number of rotatable bonds is 6. The summed E-state index contributed by atoms with van der Waals surface area (Å²) in [6.07, 6.45) is 0. The van der Waals surface area contributed by atoms with E-state index in [1.54, 1.807) is 32.4 Å². The van der Waals surface area contributed by atoms with Crippen LogP contribution in [0.15, 0.2) is 48.5 Å². The molecular weight excluding hydrogens is 356 g/mol. The molecule has 144 valence electrons. The van der Waals surface area contributed by atoms with Crippen molar-refractivity contribution in [2.45, 2.75) is 13.8 Å². The third-order valence-corrected chi connectivity index (χ3v) is 4.21. The number of benzene rings is 2. The van der Waals surface area contributed by atoms with E-state index in [4.69, 9.17) is 9.47 Å². The van der Waals surface area contributed by atoms with Crippen molar-refractivity contribution in [3.63, 3.8) is 0 Å². The van der Waals surface area contributed by atoms with Gasteiger partial charge in [-0.15, -0.1) is 10.2 Å². The van der Waals surface area contributed by atoms with Crippen molar-refractivity contribution in [3.05, 3.63) is 65.4 Å². The molecule has 0 spiro atoms. The Morgan fingerprint density at radius 1 is 0.893 bits per heavy atom. The van der Waals surface area contributed by atoms with E-state index in [1.165, 1.54) is 0 Å². The number of carbonyl (C=O) groups excluding carboxylic acids is 1. The highest BCUT2D eigenvalue weighted by molar-refractivity contribution is 6.03. The molecule has 0 aliphatic carbocycles. The minimum absolute atomic E-state index is 0.230. The summed E-state index contributed by atoms with van der Waals surface area (Å²) in [4.78, 5) is 12.5. The molecule has 0 bridgehead atoms. The van der Waals surface area contributed by atoms with Gasteiger partial charge in [-0.05, 0) is 55.3 Å². The number of methoxy groups -OCH3 is 2. The summed E-state index contributed by atoms with van der Waals surface area (Å²) >= 11 is 0. The van der Waals surface area contributed by atoms with Crippen LogP contribution in [0.3, 0.4) is 0 Å². The predicted octanol–water partition coefficient (Wildman–Crippen LogP) is 4.11. The van der Waals surface area contributed by atoms with Crippen LogP contribution >= 0.6 is 0 Å². The number of aromatic nitrogens is 2. The van der Waals surface area contributed by atoms with E-state index in [9.17, 15) is 4.79 Å². The molecule has 2 N–H and O–H groups in total. The van der Waals surface area contributed by atoms with Crippen LogP contribution in [0.2, 0.25) is 0 Å². The number of amides is 1. The largest absolute Gasteiger partial charge is 0.497 e. The molecule has 7 heteroatoms. The Kier molecular flexibility index (Phi) is 5.74. The van der Waals surface area contributed by atoms with Gasteiger partial charge in [-0.3, -0.25) is 4.79 Å². The van der Waals surface area contributed by atoms with Gasteiger partial charge < -0.3 is 20.1 Å². The second kappa shape index (κ2) is 8.39. The molecule has 1 aromatic heterocycles. The Hall–Kier alpha value is -3.61. The van der Waals surface area contributed by atoms with E-state index in [0.29, 0.717) is 23.0 Å². The third kappa shape index (κ3) is 4.37. The van der Waals surface area contributed by atoms with Crippen LogP contribution in [0, 0.1) is 13.8 Å². The fourth-order valence-electron chi connectivity index (χ4n) is 2.62. The third-order valence-electron chi connectivity index (χ3n) is 4.21. The summed E-state index contributed by atoms with van der Waals surface area (Å²) in [5, 5.41) is 14.1. The number of carbonyl (C=O) groups is 1. The highest BCUT2D eigenvalue weighted by atomic mass is 16.5. The molecule has 0 saturated carbocycles. The lowest BCUT2D eigenvalue weighted by atomic mass is 10.1. The van der Waals surface area contributed by atoms with E-state index in [2.05, 4.69) is 20.8 Å². The number of anilines is 3. The summed E-state index contributed by atoms with van der Waals surface area (Å²) in [6.45, 7) is 3.92. The summed E-state index contributed by atoms with van der Waals surface area (Å²) in [5.74, 6) is 1.48. The maximum atomic E-state index is 12.5. The first kappa shape index (κ1) is 19.2. The fraction of sp³-hybridized carbons (Fsp3) is 0.190. The Labute approximate surface area is 163 Å². The summed E-state index contributed by atoms with van der Waals surface area (Å²) in [7, 11) is 3.17. The van der Waals surface area contributed by atoms with Crippen LogP contribution in [-0.2, 0) is 0 Å². The van der Waals surface area contributed by atoms with Crippen LogP contribution in [0.1, 0.15) is 21.6 Å². The summed E-state index contributed by atoms with van der Waals surface area (Å²) in [5.41, 5.74) is 3.76. The standard InChI is InChI=1S/C21H22N4O3/c1-13-5-6-14(2)18(11-13)23-21(26)17-9-10-20(25-24-17)22-16-8-7-15(27-3)12-19(16)28-4/h5-12H,1-4H3,(H,22,25)(H,23,26). The second-order valence-electron chi connectivity index (χ2n) is 6.27. The molecule has 0 radical (unpaired) electrons. The van der Waals surface area contributed by atoms with Crippen LogP contribution in [0.5, 0.6) is 11.5 Å². The monoisotopic (exact) mass is 378 g/mol. The zero-order valence-corrected chi connectivity index (χ0v) is 16.2. The molecule has 7 nitrogen and oxygen atoms in total. The second-order valence-corrected chi connectivity index (χ2v) is 6.27. The van der Waals surface area contributed by atoms with Crippen molar-refractivity contribution in [3.8, 4) is 11.5 Å². The summed E-state index contributed by atoms with van der Waals surface area (Å²) < 4.78 is 10.5. The Bertz CT molecular complexity index is 987. The first-order chi connectivity index (χ1) is 13.5. The lowest BCUT2D eigenvalue weighted by molar-refractivity contribution is 0.102. The van der Waals surface area contributed by atoms with Crippen LogP contribution in [0.4, 0.5) is 17.2 Å². The Morgan fingerprint density at radius 2 is 1.71 bits per heavy atom. The van der Waals surface area contributed by atoms with Gasteiger partial charge in [0.1, 0.15) is 11.5 Å².